The minimum Gasteiger partial charge on any atom is -0.598 e. The minimum absolute atomic E-state index is 0.201. The molecule has 0 saturated carbocycles. The van der Waals surface area contributed by atoms with E-state index in [9.17, 15) is 4.55 Å². The second kappa shape index (κ2) is 4.65. The molecular weight excluding hydrogens is 182 g/mol. The third-order valence-corrected chi connectivity index (χ3v) is 3.36. The maximum absolute atomic E-state index is 11.2. The standard InChI is InChI=1S/C10H15NOS/c1-9(11(2)13(3)12)10-7-5-4-6-8-10/h4-9H,1-3H3/t9-,13?/m0/s1. The van der Waals surface area contributed by atoms with Crippen LogP contribution in [0.4, 0.5) is 0 Å². The summed E-state index contributed by atoms with van der Waals surface area (Å²) in [5.41, 5.74) is 1.19. The Morgan fingerprint density at radius 2 is 1.85 bits per heavy atom. The smallest absolute Gasteiger partial charge is 0.115 e. The first kappa shape index (κ1) is 10.6. The van der Waals surface area contributed by atoms with Gasteiger partial charge in [-0.1, -0.05) is 30.3 Å². The van der Waals surface area contributed by atoms with Gasteiger partial charge in [-0.15, -0.1) is 4.31 Å². The Morgan fingerprint density at radius 1 is 1.31 bits per heavy atom. The Morgan fingerprint density at radius 3 is 2.31 bits per heavy atom. The summed E-state index contributed by atoms with van der Waals surface area (Å²) < 4.78 is 13.0. The van der Waals surface area contributed by atoms with E-state index in [2.05, 4.69) is 6.92 Å². The first-order valence-electron chi connectivity index (χ1n) is 4.24. The van der Waals surface area contributed by atoms with E-state index in [-0.39, 0.29) is 6.04 Å². The lowest BCUT2D eigenvalue weighted by atomic mass is 10.1. The fraction of sp³-hybridized carbons (Fsp3) is 0.400. The molecule has 2 atom stereocenters. The van der Waals surface area contributed by atoms with Gasteiger partial charge in [0.15, 0.2) is 0 Å². The molecule has 1 aromatic rings. The Labute approximate surface area is 82.9 Å². The average molecular weight is 197 g/mol. The van der Waals surface area contributed by atoms with Crippen LogP contribution < -0.4 is 0 Å². The van der Waals surface area contributed by atoms with Gasteiger partial charge in [-0.3, -0.25) is 0 Å². The highest BCUT2D eigenvalue weighted by Crippen LogP contribution is 2.19. The summed E-state index contributed by atoms with van der Waals surface area (Å²) in [6.07, 6.45) is 1.69. The summed E-state index contributed by atoms with van der Waals surface area (Å²) in [4.78, 5) is 0. The molecule has 72 valence electrons. The molecule has 0 aliphatic heterocycles. The molecule has 1 unspecified atom stereocenters. The van der Waals surface area contributed by atoms with E-state index in [1.54, 1.807) is 6.26 Å². The summed E-state index contributed by atoms with van der Waals surface area (Å²) in [5.74, 6) is 0. The van der Waals surface area contributed by atoms with Gasteiger partial charge < -0.3 is 4.55 Å². The van der Waals surface area contributed by atoms with E-state index in [1.165, 1.54) is 5.56 Å². The second-order valence-corrected chi connectivity index (χ2v) is 4.48. The highest BCUT2D eigenvalue weighted by molar-refractivity contribution is 7.88. The molecule has 0 aliphatic carbocycles. The number of hydrogen-bond donors (Lipinski definition) is 0. The van der Waals surface area contributed by atoms with Crippen molar-refractivity contribution in [3.05, 3.63) is 35.9 Å². The van der Waals surface area contributed by atoms with E-state index in [0.29, 0.717) is 0 Å². The van der Waals surface area contributed by atoms with Gasteiger partial charge in [0.2, 0.25) is 0 Å². The molecule has 0 bridgehead atoms. The van der Waals surface area contributed by atoms with Crippen LogP contribution in [0.5, 0.6) is 0 Å². The molecule has 0 saturated heterocycles. The third kappa shape index (κ3) is 2.72. The van der Waals surface area contributed by atoms with Crippen molar-refractivity contribution in [1.82, 2.24) is 4.31 Å². The molecule has 0 amide bonds. The van der Waals surface area contributed by atoms with Crippen molar-refractivity contribution in [2.75, 3.05) is 13.3 Å². The molecule has 13 heavy (non-hydrogen) atoms. The van der Waals surface area contributed by atoms with Gasteiger partial charge in [0, 0.05) is 18.4 Å². The molecule has 0 heterocycles. The van der Waals surface area contributed by atoms with Crippen molar-refractivity contribution in [3.63, 3.8) is 0 Å². The van der Waals surface area contributed by atoms with Crippen LogP contribution in [0.25, 0.3) is 0 Å². The summed E-state index contributed by atoms with van der Waals surface area (Å²) >= 11 is -0.908. The van der Waals surface area contributed by atoms with E-state index in [0.717, 1.165) is 0 Å². The van der Waals surface area contributed by atoms with E-state index in [4.69, 9.17) is 0 Å². The van der Waals surface area contributed by atoms with Crippen molar-refractivity contribution < 1.29 is 4.55 Å². The van der Waals surface area contributed by atoms with Crippen LogP contribution in [0.2, 0.25) is 0 Å². The fourth-order valence-electron chi connectivity index (χ4n) is 1.16. The lowest BCUT2D eigenvalue weighted by Gasteiger charge is -2.23. The minimum atomic E-state index is -0.908. The van der Waals surface area contributed by atoms with E-state index in [1.807, 2.05) is 41.7 Å². The zero-order valence-corrected chi connectivity index (χ0v) is 9.04. The lowest BCUT2D eigenvalue weighted by Crippen LogP contribution is -2.28. The van der Waals surface area contributed by atoms with Crippen molar-refractivity contribution >= 4 is 11.4 Å². The number of hydrogen-bond acceptors (Lipinski definition) is 2. The van der Waals surface area contributed by atoms with Crippen molar-refractivity contribution in [1.29, 1.82) is 0 Å². The van der Waals surface area contributed by atoms with Crippen molar-refractivity contribution in [3.8, 4) is 0 Å². The predicted molar refractivity (Wildman–Crippen MR) is 56.7 cm³/mol. The van der Waals surface area contributed by atoms with E-state index >= 15 is 0 Å². The van der Waals surface area contributed by atoms with Crippen LogP contribution in [0.15, 0.2) is 30.3 Å². The zero-order chi connectivity index (χ0) is 9.84. The van der Waals surface area contributed by atoms with Gasteiger partial charge in [0.1, 0.15) is 6.26 Å². The van der Waals surface area contributed by atoms with Gasteiger partial charge in [-0.2, -0.15) is 0 Å². The second-order valence-electron chi connectivity index (χ2n) is 3.06. The normalized spacial score (nSPS) is 15.8. The van der Waals surface area contributed by atoms with Crippen LogP contribution in [0.1, 0.15) is 18.5 Å². The Balaban J connectivity index is 2.73. The molecule has 0 N–H and O–H groups in total. The molecule has 3 heteroatoms. The zero-order valence-electron chi connectivity index (χ0n) is 8.23. The first-order valence-corrected chi connectivity index (χ1v) is 5.75. The SMILES string of the molecule is C[C@@H](c1ccccc1)N(C)[S+](C)[O-]. The fourth-order valence-corrected chi connectivity index (χ4v) is 1.73. The molecule has 0 fully saturated rings. The predicted octanol–water partition coefficient (Wildman–Crippen LogP) is 1.97. The van der Waals surface area contributed by atoms with Gasteiger partial charge in [-0.25, -0.2) is 0 Å². The average Bonchev–Trinajstić information content (AvgIpc) is 2.17. The number of nitrogens with zero attached hydrogens (tertiary/aromatic N) is 1. The molecule has 2 nitrogen and oxygen atoms in total. The quantitative estimate of drug-likeness (QED) is 0.692. The van der Waals surface area contributed by atoms with Crippen LogP contribution >= 0.6 is 0 Å². The highest BCUT2D eigenvalue weighted by Gasteiger charge is 2.18. The number of benzene rings is 1. The highest BCUT2D eigenvalue weighted by atomic mass is 32.2. The Hall–Kier alpha value is -0.510. The van der Waals surface area contributed by atoms with Crippen molar-refractivity contribution in [2.45, 2.75) is 13.0 Å². The van der Waals surface area contributed by atoms with Crippen LogP contribution in [0.3, 0.4) is 0 Å². The van der Waals surface area contributed by atoms with E-state index < -0.39 is 11.4 Å². The van der Waals surface area contributed by atoms with Crippen LogP contribution in [-0.2, 0) is 11.4 Å². The third-order valence-electron chi connectivity index (χ3n) is 2.23. The molecule has 1 aromatic carbocycles. The molecular formula is C10H15NOS. The summed E-state index contributed by atoms with van der Waals surface area (Å²) in [5, 5.41) is 0. The van der Waals surface area contributed by atoms with Crippen molar-refractivity contribution in [2.24, 2.45) is 0 Å². The maximum Gasteiger partial charge on any atom is 0.115 e. The monoisotopic (exact) mass is 197 g/mol. The van der Waals surface area contributed by atoms with Gasteiger partial charge in [0.05, 0.1) is 6.04 Å². The van der Waals surface area contributed by atoms with Gasteiger partial charge in [-0.05, 0) is 12.5 Å². The summed E-state index contributed by atoms with van der Waals surface area (Å²) in [6, 6.07) is 10.3. The van der Waals surface area contributed by atoms with Gasteiger partial charge >= 0.3 is 0 Å². The van der Waals surface area contributed by atoms with Gasteiger partial charge in [0.25, 0.3) is 0 Å². The first-order chi connectivity index (χ1) is 6.13. The largest absolute Gasteiger partial charge is 0.598 e. The summed E-state index contributed by atoms with van der Waals surface area (Å²) in [6.45, 7) is 2.05. The van der Waals surface area contributed by atoms with Crippen LogP contribution in [-0.4, -0.2) is 22.2 Å². The molecule has 1 rings (SSSR count). The maximum atomic E-state index is 11.2. The molecule has 0 aromatic heterocycles. The summed E-state index contributed by atoms with van der Waals surface area (Å²) in [7, 11) is 1.87. The van der Waals surface area contributed by atoms with Crippen LogP contribution in [0, 0.1) is 0 Å². The lowest BCUT2D eigenvalue weighted by molar-refractivity contribution is 0.402. The Bertz CT molecular complexity index is 250. The molecule has 0 spiro atoms. The number of rotatable bonds is 3. The molecule has 0 aliphatic rings. The topological polar surface area (TPSA) is 26.3 Å². The Kier molecular flexibility index (Phi) is 3.78. The molecule has 0 radical (unpaired) electrons.